The number of benzene rings is 1. The van der Waals surface area contributed by atoms with E-state index in [-0.39, 0.29) is 12.4 Å². The Labute approximate surface area is 105 Å². The lowest BCUT2D eigenvalue weighted by molar-refractivity contribution is 0.297. The Morgan fingerprint density at radius 3 is 2.61 bits per heavy atom. The summed E-state index contributed by atoms with van der Waals surface area (Å²) in [5.74, 6) is 1.28. The second-order valence-electron chi connectivity index (χ2n) is 3.81. The Hall–Kier alpha value is -2.27. The van der Waals surface area contributed by atoms with Crippen molar-refractivity contribution in [2.24, 2.45) is 0 Å². The first kappa shape index (κ1) is 12.2. The largest absolute Gasteiger partial charge is 0.439 e. The third-order valence-corrected chi connectivity index (χ3v) is 2.50. The first-order valence-corrected chi connectivity index (χ1v) is 5.59. The van der Waals surface area contributed by atoms with E-state index in [1.165, 1.54) is 0 Å². The van der Waals surface area contributed by atoms with Gasteiger partial charge in [0.1, 0.15) is 5.75 Å². The molecule has 1 heterocycles. The van der Waals surface area contributed by atoms with Crippen LogP contribution in [0.25, 0.3) is 0 Å². The van der Waals surface area contributed by atoms with Gasteiger partial charge in [-0.1, -0.05) is 18.2 Å². The molecule has 0 aliphatic heterocycles. The first-order chi connectivity index (χ1) is 8.70. The fraction of sp³-hybridized carbons (Fsp3) is 0.154. The highest BCUT2D eigenvalue weighted by molar-refractivity contribution is 5.59. The number of nitrogens with zero attached hydrogens (tertiary/aromatic N) is 1. The number of aliphatic hydroxyl groups excluding tert-OH is 1. The average Bonchev–Trinajstić information content (AvgIpc) is 2.37. The van der Waals surface area contributed by atoms with Crippen LogP contribution < -0.4 is 16.2 Å². The lowest BCUT2D eigenvalue weighted by Crippen LogP contribution is -2.00. The minimum absolute atomic E-state index is 0.0671. The summed E-state index contributed by atoms with van der Waals surface area (Å²) in [6, 6.07) is 10.8. The second-order valence-corrected chi connectivity index (χ2v) is 3.81. The third kappa shape index (κ3) is 2.70. The number of hydrogen-bond acceptors (Lipinski definition) is 5. The minimum atomic E-state index is 0.0671. The maximum atomic E-state index is 8.98. The predicted octanol–water partition coefficient (Wildman–Crippen LogP) is 1.57. The van der Waals surface area contributed by atoms with Crippen LogP contribution in [0.2, 0.25) is 0 Å². The smallest absolute Gasteiger partial charge is 0.221 e. The van der Waals surface area contributed by atoms with Crippen molar-refractivity contribution in [3.8, 4) is 11.6 Å². The van der Waals surface area contributed by atoms with E-state index in [0.717, 1.165) is 5.56 Å². The van der Waals surface area contributed by atoms with Gasteiger partial charge in [0.15, 0.2) is 5.82 Å². The molecule has 0 atom stereocenters. The summed E-state index contributed by atoms with van der Waals surface area (Å²) in [6.45, 7) is 0.0671. The highest BCUT2D eigenvalue weighted by Crippen LogP contribution is 2.26. The lowest BCUT2D eigenvalue weighted by atomic mass is 10.1. The van der Waals surface area contributed by atoms with Crippen LogP contribution in [0.1, 0.15) is 5.56 Å². The van der Waals surface area contributed by atoms with E-state index in [9.17, 15) is 0 Å². The molecule has 1 aromatic heterocycles. The summed E-state index contributed by atoms with van der Waals surface area (Å²) in [5, 5.41) is 8.98. The van der Waals surface area contributed by atoms with Gasteiger partial charge in [-0.3, -0.25) is 0 Å². The van der Waals surface area contributed by atoms with Crippen molar-refractivity contribution < 1.29 is 9.84 Å². The molecule has 94 valence electrons. The molecule has 0 fully saturated rings. The Morgan fingerprint density at radius 2 is 1.89 bits per heavy atom. The van der Waals surface area contributed by atoms with Crippen LogP contribution in [0.15, 0.2) is 36.4 Å². The molecule has 0 aliphatic rings. The van der Waals surface area contributed by atoms with E-state index < -0.39 is 0 Å². The maximum absolute atomic E-state index is 8.98. The molecule has 2 aromatic rings. The number of hydrogen-bond donors (Lipinski definition) is 3. The molecule has 0 spiro atoms. The first-order valence-electron chi connectivity index (χ1n) is 5.59. The topological polar surface area (TPSA) is 94.4 Å². The zero-order valence-electron chi connectivity index (χ0n) is 9.84. The van der Waals surface area contributed by atoms with Crippen LogP contribution in [0.4, 0.5) is 11.5 Å². The van der Waals surface area contributed by atoms with Crippen molar-refractivity contribution in [1.29, 1.82) is 0 Å². The van der Waals surface area contributed by atoms with Gasteiger partial charge in [-0.2, -0.15) is 4.98 Å². The van der Waals surface area contributed by atoms with Crippen LogP contribution in [-0.2, 0) is 6.42 Å². The van der Waals surface area contributed by atoms with Gasteiger partial charge in [0.2, 0.25) is 5.88 Å². The van der Waals surface area contributed by atoms with Gasteiger partial charge in [0.05, 0.1) is 5.69 Å². The molecular weight excluding hydrogens is 230 g/mol. The minimum Gasteiger partial charge on any atom is -0.439 e. The molecule has 5 nitrogen and oxygen atoms in total. The molecule has 18 heavy (non-hydrogen) atoms. The van der Waals surface area contributed by atoms with Gasteiger partial charge >= 0.3 is 0 Å². The van der Waals surface area contributed by atoms with Gasteiger partial charge in [-0.15, -0.1) is 0 Å². The number of ether oxygens (including phenoxy) is 1. The highest BCUT2D eigenvalue weighted by Gasteiger charge is 2.06. The standard InChI is InChI=1S/C13H15N3O2/c14-10-5-6-12(16-13(10)15)18-11-4-2-1-3-9(11)7-8-17/h1-6,17H,7-8,14H2,(H2,15,16). The number of rotatable bonds is 4. The fourth-order valence-corrected chi connectivity index (χ4v) is 1.57. The maximum Gasteiger partial charge on any atom is 0.221 e. The summed E-state index contributed by atoms with van der Waals surface area (Å²) >= 11 is 0. The Morgan fingerprint density at radius 1 is 1.11 bits per heavy atom. The molecule has 5 N–H and O–H groups in total. The van der Waals surface area contributed by atoms with E-state index in [1.807, 2.05) is 24.3 Å². The number of aliphatic hydroxyl groups is 1. The summed E-state index contributed by atoms with van der Waals surface area (Å²) < 4.78 is 5.64. The predicted molar refractivity (Wildman–Crippen MR) is 70.4 cm³/mol. The molecule has 2 rings (SSSR count). The van der Waals surface area contributed by atoms with Gasteiger partial charge in [0.25, 0.3) is 0 Å². The van der Waals surface area contributed by atoms with Gasteiger partial charge < -0.3 is 21.3 Å². The number of anilines is 2. The van der Waals surface area contributed by atoms with Crippen molar-refractivity contribution >= 4 is 11.5 Å². The summed E-state index contributed by atoms with van der Waals surface area (Å²) in [5.41, 5.74) is 12.5. The summed E-state index contributed by atoms with van der Waals surface area (Å²) in [4.78, 5) is 4.04. The summed E-state index contributed by atoms with van der Waals surface area (Å²) in [6.07, 6.45) is 0.528. The van der Waals surface area contributed by atoms with E-state index in [0.29, 0.717) is 23.7 Å². The zero-order valence-corrected chi connectivity index (χ0v) is 9.84. The third-order valence-electron chi connectivity index (χ3n) is 2.50. The molecule has 0 aliphatic carbocycles. The number of para-hydroxylation sites is 1. The number of nitrogen functional groups attached to an aromatic ring is 2. The molecule has 0 bridgehead atoms. The van der Waals surface area contributed by atoms with E-state index >= 15 is 0 Å². The molecule has 1 aromatic carbocycles. The summed E-state index contributed by atoms with van der Waals surface area (Å²) in [7, 11) is 0. The molecule has 0 saturated carbocycles. The van der Waals surface area contributed by atoms with E-state index in [4.69, 9.17) is 21.3 Å². The van der Waals surface area contributed by atoms with Crippen molar-refractivity contribution in [3.05, 3.63) is 42.0 Å². The monoisotopic (exact) mass is 245 g/mol. The highest BCUT2D eigenvalue weighted by atomic mass is 16.5. The molecule has 0 saturated heterocycles. The van der Waals surface area contributed by atoms with Gasteiger partial charge in [0, 0.05) is 12.7 Å². The Balaban J connectivity index is 2.25. The molecule has 0 unspecified atom stereocenters. The van der Waals surface area contributed by atoms with Crippen molar-refractivity contribution in [2.45, 2.75) is 6.42 Å². The van der Waals surface area contributed by atoms with Gasteiger partial charge in [-0.25, -0.2) is 0 Å². The van der Waals surface area contributed by atoms with Crippen molar-refractivity contribution in [3.63, 3.8) is 0 Å². The number of aromatic nitrogens is 1. The van der Waals surface area contributed by atoms with Gasteiger partial charge in [-0.05, 0) is 24.1 Å². The van der Waals surface area contributed by atoms with Crippen LogP contribution in [0.5, 0.6) is 11.6 Å². The molecule has 5 heteroatoms. The quantitative estimate of drug-likeness (QED) is 0.760. The SMILES string of the molecule is Nc1ccc(Oc2ccccc2CCO)nc1N. The second kappa shape index (κ2) is 5.37. The normalized spacial score (nSPS) is 10.3. The van der Waals surface area contributed by atoms with Crippen molar-refractivity contribution in [2.75, 3.05) is 18.1 Å². The Kier molecular flexibility index (Phi) is 3.64. The number of pyridine rings is 1. The molecular formula is C13H15N3O2. The van der Waals surface area contributed by atoms with Crippen LogP contribution >= 0.6 is 0 Å². The number of nitrogens with two attached hydrogens (primary N) is 2. The van der Waals surface area contributed by atoms with Crippen LogP contribution in [0, 0.1) is 0 Å². The van der Waals surface area contributed by atoms with Crippen LogP contribution in [-0.4, -0.2) is 16.7 Å². The lowest BCUT2D eigenvalue weighted by Gasteiger charge is -2.10. The molecule has 0 radical (unpaired) electrons. The molecule has 0 amide bonds. The average molecular weight is 245 g/mol. The fourth-order valence-electron chi connectivity index (χ4n) is 1.57. The zero-order chi connectivity index (χ0) is 13.0. The van der Waals surface area contributed by atoms with Crippen molar-refractivity contribution in [1.82, 2.24) is 4.98 Å². The van der Waals surface area contributed by atoms with E-state index in [2.05, 4.69) is 4.98 Å². The van der Waals surface area contributed by atoms with Crippen LogP contribution in [0.3, 0.4) is 0 Å². The van der Waals surface area contributed by atoms with E-state index in [1.54, 1.807) is 12.1 Å². The Bertz CT molecular complexity index is 544.